The molecule has 4 nitrogen and oxygen atoms in total. The second-order valence-electron chi connectivity index (χ2n) is 5.06. The molecule has 1 aromatic heterocycles. The van der Waals surface area contributed by atoms with Crippen molar-refractivity contribution in [2.24, 2.45) is 7.05 Å². The van der Waals surface area contributed by atoms with Gasteiger partial charge in [-0.3, -0.25) is 4.68 Å². The molecule has 0 radical (unpaired) electrons. The molecule has 1 aliphatic rings. The highest BCUT2D eigenvalue weighted by atomic mass is 32.2. The Hall–Kier alpha value is -0.680. The van der Waals surface area contributed by atoms with E-state index in [0.717, 1.165) is 18.7 Å². The highest BCUT2D eigenvalue weighted by molar-refractivity contribution is 8.00. The van der Waals surface area contributed by atoms with E-state index in [9.17, 15) is 0 Å². The quantitative estimate of drug-likeness (QED) is 0.871. The molecule has 0 saturated carbocycles. The zero-order valence-corrected chi connectivity index (χ0v) is 13.0. The van der Waals surface area contributed by atoms with Crippen molar-refractivity contribution in [3.8, 4) is 5.75 Å². The van der Waals surface area contributed by atoms with Crippen LogP contribution in [0.1, 0.15) is 44.3 Å². The van der Waals surface area contributed by atoms with E-state index in [1.807, 2.05) is 17.9 Å². The lowest BCUT2D eigenvalue weighted by Crippen LogP contribution is -2.34. The summed E-state index contributed by atoms with van der Waals surface area (Å²) in [6.45, 7) is 3.24. The van der Waals surface area contributed by atoms with Gasteiger partial charge in [0.05, 0.1) is 25.0 Å². The smallest absolute Gasteiger partial charge is 0.161 e. The van der Waals surface area contributed by atoms with Crippen molar-refractivity contribution in [3.63, 3.8) is 0 Å². The highest BCUT2D eigenvalue weighted by Gasteiger charge is 2.29. The van der Waals surface area contributed by atoms with Crippen LogP contribution in [-0.2, 0) is 7.05 Å². The Kier molecular flexibility index (Phi) is 5.58. The molecule has 2 unspecified atom stereocenters. The molecule has 2 heterocycles. The molecule has 108 valence electrons. The average Bonchev–Trinajstić information content (AvgIpc) is 2.82. The number of nitrogens with one attached hydrogen (secondary N) is 1. The van der Waals surface area contributed by atoms with E-state index >= 15 is 0 Å². The first-order valence-corrected chi connectivity index (χ1v) is 8.23. The molecule has 2 atom stereocenters. The van der Waals surface area contributed by atoms with E-state index in [4.69, 9.17) is 4.74 Å². The van der Waals surface area contributed by atoms with Gasteiger partial charge in [-0.2, -0.15) is 16.9 Å². The SMILES string of the molecule is CCCNC(c1c(OC)cnn1C)C1CCCCS1. The molecule has 0 bridgehead atoms. The van der Waals surface area contributed by atoms with Crippen LogP contribution in [0, 0.1) is 0 Å². The lowest BCUT2D eigenvalue weighted by atomic mass is 10.0. The molecule has 1 fully saturated rings. The van der Waals surface area contributed by atoms with Crippen LogP contribution < -0.4 is 10.1 Å². The van der Waals surface area contributed by atoms with Crippen molar-refractivity contribution in [3.05, 3.63) is 11.9 Å². The lowest BCUT2D eigenvalue weighted by Gasteiger charge is -2.31. The second kappa shape index (κ2) is 7.20. The molecule has 1 aliphatic heterocycles. The van der Waals surface area contributed by atoms with Gasteiger partial charge in [0, 0.05) is 12.3 Å². The van der Waals surface area contributed by atoms with Gasteiger partial charge in [0.15, 0.2) is 5.75 Å². The van der Waals surface area contributed by atoms with Crippen molar-refractivity contribution in [1.82, 2.24) is 15.1 Å². The standard InChI is InChI=1S/C14H25N3OS/c1-4-8-15-13(12-7-5-6-9-19-12)14-11(18-3)10-16-17(14)2/h10,12-13,15H,4-9H2,1-3H3. The zero-order chi connectivity index (χ0) is 13.7. The fourth-order valence-electron chi connectivity index (χ4n) is 2.67. The summed E-state index contributed by atoms with van der Waals surface area (Å²) in [6, 6.07) is 0.340. The molecule has 1 aromatic rings. The van der Waals surface area contributed by atoms with E-state index in [0.29, 0.717) is 11.3 Å². The van der Waals surface area contributed by atoms with Crippen molar-refractivity contribution in [2.75, 3.05) is 19.4 Å². The largest absolute Gasteiger partial charge is 0.493 e. The molecule has 5 heteroatoms. The topological polar surface area (TPSA) is 39.1 Å². The van der Waals surface area contributed by atoms with Crippen LogP contribution in [-0.4, -0.2) is 34.4 Å². The molecule has 1 saturated heterocycles. The summed E-state index contributed by atoms with van der Waals surface area (Å²) in [4.78, 5) is 0. The molecule has 19 heavy (non-hydrogen) atoms. The van der Waals surface area contributed by atoms with Gasteiger partial charge in [-0.25, -0.2) is 0 Å². The van der Waals surface area contributed by atoms with E-state index < -0.39 is 0 Å². The number of ether oxygens (including phenoxy) is 1. The third kappa shape index (κ3) is 3.45. The number of methoxy groups -OCH3 is 1. The van der Waals surface area contributed by atoms with Crippen LogP contribution in [0.3, 0.4) is 0 Å². The number of rotatable bonds is 6. The number of aromatic nitrogens is 2. The maximum atomic E-state index is 5.49. The Morgan fingerprint density at radius 3 is 3.05 bits per heavy atom. The number of nitrogens with zero attached hydrogens (tertiary/aromatic N) is 2. The molecule has 0 spiro atoms. The molecule has 1 N–H and O–H groups in total. The minimum atomic E-state index is 0.340. The Balaban J connectivity index is 2.22. The summed E-state index contributed by atoms with van der Waals surface area (Å²) >= 11 is 2.09. The zero-order valence-electron chi connectivity index (χ0n) is 12.2. The van der Waals surface area contributed by atoms with Gasteiger partial charge in [0.25, 0.3) is 0 Å². The van der Waals surface area contributed by atoms with E-state index in [1.165, 1.54) is 30.7 Å². The van der Waals surface area contributed by atoms with E-state index in [1.54, 1.807) is 7.11 Å². The van der Waals surface area contributed by atoms with Crippen molar-refractivity contribution in [2.45, 2.75) is 43.9 Å². The van der Waals surface area contributed by atoms with Crippen molar-refractivity contribution < 1.29 is 4.74 Å². The number of hydrogen-bond donors (Lipinski definition) is 1. The predicted molar refractivity (Wildman–Crippen MR) is 80.9 cm³/mol. The molecular formula is C14H25N3OS. The van der Waals surface area contributed by atoms with Gasteiger partial charge in [-0.05, 0) is 31.6 Å². The maximum absolute atomic E-state index is 5.49. The Morgan fingerprint density at radius 2 is 2.42 bits per heavy atom. The fraction of sp³-hybridized carbons (Fsp3) is 0.786. The summed E-state index contributed by atoms with van der Waals surface area (Å²) in [5, 5.41) is 8.68. The monoisotopic (exact) mass is 283 g/mol. The summed E-state index contributed by atoms with van der Waals surface area (Å²) in [6.07, 6.45) is 6.93. The summed E-state index contributed by atoms with van der Waals surface area (Å²) < 4.78 is 7.44. The van der Waals surface area contributed by atoms with E-state index in [2.05, 4.69) is 29.1 Å². The normalized spacial score (nSPS) is 21.3. The molecule has 0 aliphatic carbocycles. The van der Waals surface area contributed by atoms with Gasteiger partial charge in [0.1, 0.15) is 0 Å². The van der Waals surface area contributed by atoms with Crippen LogP contribution in [0.25, 0.3) is 0 Å². The van der Waals surface area contributed by atoms with Crippen LogP contribution >= 0.6 is 11.8 Å². The van der Waals surface area contributed by atoms with Gasteiger partial charge >= 0.3 is 0 Å². The lowest BCUT2D eigenvalue weighted by molar-refractivity contribution is 0.386. The highest BCUT2D eigenvalue weighted by Crippen LogP contribution is 2.37. The summed E-state index contributed by atoms with van der Waals surface area (Å²) in [5.41, 5.74) is 1.19. The third-order valence-corrected chi connectivity index (χ3v) is 5.13. The number of aryl methyl sites for hydroxylation is 1. The molecule has 0 amide bonds. The molecule has 2 rings (SSSR count). The van der Waals surface area contributed by atoms with Crippen LogP contribution in [0.2, 0.25) is 0 Å². The van der Waals surface area contributed by atoms with E-state index in [-0.39, 0.29) is 0 Å². The second-order valence-corrected chi connectivity index (χ2v) is 6.41. The summed E-state index contributed by atoms with van der Waals surface area (Å²) in [7, 11) is 3.73. The number of thioether (sulfide) groups is 1. The minimum absolute atomic E-state index is 0.340. The first kappa shape index (κ1) is 14.7. The van der Waals surface area contributed by atoms with Crippen molar-refractivity contribution in [1.29, 1.82) is 0 Å². The van der Waals surface area contributed by atoms with Crippen LogP contribution in [0.4, 0.5) is 0 Å². The Bertz CT molecular complexity index is 388. The average molecular weight is 283 g/mol. The van der Waals surface area contributed by atoms with Gasteiger partial charge in [0.2, 0.25) is 0 Å². The fourth-order valence-corrected chi connectivity index (χ4v) is 4.10. The first-order chi connectivity index (χ1) is 9.27. The van der Waals surface area contributed by atoms with Crippen LogP contribution in [0.15, 0.2) is 6.20 Å². The van der Waals surface area contributed by atoms with Crippen molar-refractivity contribution >= 4 is 11.8 Å². The number of hydrogen-bond acceptors (Lipinski definition) is 4. The van der Waals surface area contributed by atoms with Gasteiger partial charge in [-0.1, -0.05) is 13.3 Å². The van der Waals surface area contributed by atoms with Gasteiger partial charge < -0.3 is 10.1 Å². The Labute approximate surface area is 120 Å². The molecular weight excluding hydrogens is 258 g/mol. The van der Waals surface area contributed by atoms with Gasteiger partial charge in [-0.15, -0.1) is 0 Å². The minimum Gasteiger partial charge on any atom is -0.493 e. The Morgan fingerprint density at radius 1 is 1.58 bits per heavy atom. The molecule has 0 aromatic carbocycles. The maximum Gasteiger partial charge on any atom is 0.161 e. The third-order valence-electron chi connectivity index (χ3n) is 3.66. The summed E-state index contributed by atoms with van der Waals surface area (Å²) in [5.74, 6) is 2.18. The first-order valence-electron chi connectivity index (χ1n) is 7.18. The predicted octanol–water partition coefficient (Wildman–Crippen LogP) is 2.76. The van der Waals surface area contributed by atoms with Crippen LogP contribution in [0.5, 0.6) is 5.75 Å².